The van der Waals surface area contributed by atoms with Crippen molar-refractivity contribution in [2.24, 2.45) is 4.99 Å². The molecule has 2 aromatic rings. The molecule has 1 aromatic heterocycles. The van der Waals surface area contributed by atoms with E-state index in [2.05, 4.69) is 11.1 Å². The maximum absolute atomic E-state index is 12.3. The fourth-order valence-electron chi connectivity index (χ4n) is 2.34. The Balaban J connectivity index is 1.82. The first kappa shape index (κ1) is 12.3. The van der Waals surface area contributed by atoms with Gasteiger partial charge in [0.15, 0.2) is 5.17 Å². The van der Waals surface area contributed by atoms with Crippen LogP contribution in [-0.4, -0.2) is 39.9 Å². The summed E-state index contributed by atoms with van der Waals surface area (Å²) in [6, 6.07) is 10.1. The molecular formula is C14H15N3OS. The Kier molecular flexibility index (Phi) is 3.29. The fourth-order valence-corrected chi connectivity index (χ4v) is 2.98. The molecule has 0 atom stereocenters. The van der Waals surface area contributed by atoms with E-state index in [1.807, 2.05) is 41.3 Å². The van der Waals surface area contributed by atoms with Crippen LogP contribution in [0.25, 0.3) is 10.9 Å². The Hall–Kier alpha value is -1.75. The van der Waals surface area contributed by atoms with E-state index in [4.69, 9.17) is 0 Å². The lowest BCUT2D eigenvalue weighted by molar-refractivity contribution is -0.127. The smallest absolute Gasteiger partial charge is 0.248 e. The number of amides is 1. The average molecular weight is 273 g/mol. The van der Waals surface area contributed by atoms with E-state index in [9.17, 15) is 4.79 Å². The summed E-state index contributed by atoms with van der Waals surface area (Å²) in [5.74, 6) is 0.104. The molecule has 4 nitrogen and oxygen atoms in total. The van der Waals surface area contributed by atoms with Gasteiger partial charge in [0.2, 0.25) is 5.91 Å². The van der Waals surface area contributed by atoms with Crippen molar-refractivity contribution >= 4 is 33.7 Å². The number of fused-ring (bicyclic) bond motifs is 1. The predicted molar refractivity (Wildman–Crippen MR) is 79.5 cm³/mol. The highest BCUT2D eigenvalue weighted by atomic mass is 32.2. The van der Waals surface area contributed by atoms with Crippen molar-refractivity contribution in [2.75, 3.05) is 19.3 Å². The number of carbonyl (C=O) groups is 1. The van der Waals surface area contributed by atoms with E-state index in [0.717, 1.165) is 16.1 Å². The molecule has 0 bridgehead atoms. The van der Waals surface area contributed by atoms with Crippen molar-refractivity contribution in [2.45, 2.75) is 6.54 Å². The highest BCUT2D eigenvalue weighted by Gasteiger charge is 2.23. The van der Waals surface area contributed by atoms with Crippen molar-refractivity contribution in [1.82, 2.24) is 9.47 Å². The van der Waals surface area contributed by atoms with Crippen LogP contribution in [0.4, 0.5) is 0 Å². The highest BCUT2D eigenvalue weighted by molar-refractivity contribution is 8.13. The fraction of sp³-hybridized carbons (Fsp3) is 0.286. The first-order chi connectivity index (χ1) is 9.29. The Bertz CT molecular complexity index is 647. The number of aliphatic imine (C=N–C) groups is 1. The number of nitrogens with zero attached hydrogens (tertiary/aromatic N) is 3. The predicted octanol–water partition coefficient (Wildman–Crippen LogP) is 2.20. The second kappa shape index (κ2) is 5.09. The maximum Gasteiger partial charge on any atom is 0.248 e. The van der Waals surface area contributed by atoms with Crippen LogP contribution in [-0.2, 0) is 11.3 Å². The van der Waals surface area contributed by atoms with Gasteiger partial charge in [-0.05, 0) is 23.8 Å². The lowest BCUT2D eigenvalue weighted by Gasteiger charge is -2.17. The summed E-state index contributed by atoms with van der Waals surface area (Å²) in [6.07, 6.45) is 3.92. The van der Waals surface area contributed by atoms with Crippen LogP contribution < -0.4 is 0 Å². The summed E-state index contributed by atoms with van der Waals surface area (Å²) < 4.78 is 1.99. The summed E-state index contributed by atoms with van der Waals surface area (Å²) in [5, 5.41) is 2.00. The maximum atomic E-state index is 12.3. The molecule has 0 unspecified atom stereocenters. The second-order valence-corrected chi connectivity index (χ2v) is 5.19. The lowest BCUT2D eigenvalue weighted by Crippen LogP contribution is -2.35. The number of thioether (sulfide) groups is 1. The van der Waals surface area contributed by atoms with Gasteiger partial charge in [-0.2, -0.15) is 0 Å². The van der Waals surface area contributed by atoms with Gasteiger partial charge < -0.3 is 4.57 Å². The van der Waals surface area contributed by atoms with Crippen molar-refractivity contribution < 1.29 is 4.79 Å². The minimum Gasteiger partial charge on any atom is -0.338 e. The quantitative estimate of drug-likeness (QED) is 0.841. The molecule has 0 fully saturated rings. The third-order valence-electron chi connectivity index (χ3n) is 3.27. The minimum atomic E-state index is 0.104. The van der Waals surface area contributed by atoms with Crippen LogP contribution in [0, 0.1) is 0 Å². The van der Waals surface area contributed by atoms with Crippen LogP contribution in [0.5, 0.6) is 0 Å². The summed E-state index contributed by atoms with van der Waals surface area (Å²) in [7, 11) is 0. The molecule has 1 amide bonds. The lowest BCUT2D eigenvalue weighted by atomic mass is 10.2. The number of aromatic nitrogens is 1. The summed E-state index contributed by atoms with van der Waals surface area (Å²) in [6.45, 7) is 1.79. The number of benzene rings is 1. The zero-order valence-electron chi connectivity index (χ0n) is 10.7. The van der Waals surface area contributed by atoms with Gasteiger partial charge >= 0.3 is 0 Å². The van der Waals surface area contributed by atoms with Gasteiger partial charge in [0.05, 0.1) is 6.54 Å². The van der Waals surface area contributed by atoms with Crippen LogP contribution in [0.3, 0.4) is 0 Å². The van der Waals surface area contributed by atoms with E-state index in [-0.39, 0.29) is 5.91 Å². The topological polar surface area (TPSA) is 37.6 Å². The first-order valence-corrected chi connectivity index (χ1v) is 7.45. The van der Waals surface area contributed by atoms with Crippen LogP contribution in [0.15, 0.2) is 41.5 Å². The molecule has 98 valence electrons. The molecule has 0 radical (unpaired) electrons. The SMILES string of the molecule is CSC1=NCCN1C(=O)Cn1ccc2ccccc21. The molecule has 1 aromatic carbocycles. The summed E-state index contributed by atoms with van der Waals surface area (Å²) in [4.78, 5) is 18.4. The average Bonchev–Trinajstić information content (AvgIpc) is 3.05. The second-order valence-electron chi connectivity index (χ2n) is 4.42. The molecule has 0 N–H and O–H groups in total. The number of hydrogen-bond acceptors (Lipinski definition) is 3. The first-order valence-electron chi connectivity index (χ1n) is 6.22. The minimum absolute atomic E-state index is 0.104. The molecule has 0 aliphatic carbocycles. The third kappa shape index (κ3) is 2.26. The standard InChI is InChI=1S/C14H15N3OS/c1-19-14-15-7-9-17(14)13(18)10-16-8-6-11-4-2-3-5-12(11)16/h2-6,8H,7,9-10H2,1H3. The van der Waals surface area contributed by atoms with Gasteiger partial charge in [-0.1, -0.05) is 30.0 Å². The van der Waals surface area contributed by atoms with Crippen LogP contribution in [0.1, 0.15) is 0 Å². The molecule has 19 heavy (non-hydrogen) atoms. The molecule has 0 saturated heterocycles. The zero-order valence-corrected chi connectivity index (χ0v) is 11.6. The Morgan fingerprint density at radius 2 is 2.21 bits per heavy atom. The number of rotatable bonds is 2. The van der Waals surface area contributed by atoms with E-state index in [1.165, 1.54) is 11.8 Å². The molecule has 3 rings (SSSR count). The Morgan fingerprint density at radius 3 is 3.05 bits per heavy atom. The highest BCUT2D eigenvalue weighted by Crippen LogP contribution is 2.17. The van der Waals surface area contributed by atoms with Crippen molar-refractivity contribution in [1.29, 1.82) is 0 Å². The molecule has 1 aliphatic heterocycles. The van der Waals surface area contributed by atoms with Gasteiger partial charge in [0.1, 0.15) is 6.54 Å². The number of carbonyl (C=O) groups excluding carboxylic acids is 1. The monoisotopic (exact) mass is 273 g/mol. The molecule has 0 saturated carbocycles. The summed E-state index contributed by atoms with van der Waals surface area (Å²) in [5.41, 5.74) is 1.10. The van der Waals surface area contributed by atoms with E-state index < -0.39 is 0 Å². The number of amidine groups is 1. The Morgan fingerprint density at radius 1 is 1.37 bits per heavy atom. The molecular weight excluding hydrogens is 258 g/mol. The van der Waals surface area contributed by atoms with Gasteiger partial charge in [-0.15, -0.1) is 0 Å². The number of para-hydroxylation sites is 1. The Labute approximate surface area is 116 Å². The van der Waals surface area contributed by atoms with Gasteiger partial charge in [-0.3, -0.25) is 14.7 Å². The van der Waals surface area contributed by atoms with Crippen molar-refractivity contribution in [3.8, 4) is 0 Å². The molecule has 1 aliphatic rings. The van der Waals surface area contributed by atoms with Crippen molar-refractivity contribution in [3.05, 3.63) is 36.5 Å². The zero-order chi connectivity index (χ0) is 13.2. The van der Waals surface area contributed by atoms with E-state index >= 15 is 0 Å². The van der Waals surface area contributed by atoms with Crippen LogP contribution >= 0.6 is 11.8 Å². The summed E-state index contributed by atoms with van der Waals surface area (Å²) >= 11 is 1.53. The number of hydrogen-bond donors (Lipinski definition) is 0. The van der Waals surface area contributed by atoms with E-state index in [1.54, 1.807) is 4.90 Å². The van der Waals surface area contributed by atoms with Gasteiger partial charge in [0, 0.05) is 18.3 Å². The normalized spacial score (nSPS) is 15.0. The largest absolute Gasteiger partial charge is 0.338 e. The molecule has 2 heterocycles. The van der Waals surface area contributed by atoms with Gasteiger partial charge in [0.25, 0.3) is 0 Å². The van der Waals surface area contributed by atoms with E-state index in [0.29, 0.717) is 19.6 Å². The molecule has 5 heteroatoms. The van der Waals surface area contributed by atoms with Gasteiger partial charge in [-0.25, -0.2) is 0 Å². The van der Waals surface area contributed by atoms with Crippen LogP contribution in [0.2, 0.25) is 0 Å². The third-order valence-corrected chi connectivity index (χ3v) is 3.99. The van der Waals surface area contributed by atoms with Crippen molar-refractivity contribution in [3.63, 3.8) is 0 Å². The molecule has 0 spiro atoms.